The quantitative estimate of drug-likeness (QED) is 0.706. The van der Waals surface area contributed by atoms with E-state index in [1.165, 1.54) is 6.92 Å². The van der Waals surface area contributed by atoms with E-state index in [4.69, 9.17) is 11.6 Å². The molecule has 24 heavy (non-hydrogen) atoms. The van der Waals surface area contributed by atoms with E-state index < -0.39 is 0 Å². The molecule has 0 aliphatic heterocycles. The van der Waals surface area contributed by atoms with E-state index in [1.54, 1.807) is 48.5 Å². The predicted molar refractivity (Wildman–Crippen MR) is 94.8 cm³/mol. The normalized spacial score (nSPS) is 10.4. The van der Waals surface area contributed by atoms with Gasteiger partial charge in [0, 0.05) is 21.8 Å². The Bertz CT molecular complexity index is 906. The van der Waals surface area contributed by atoms with Gasteiger partial charge < -0.3 is 5.32 Å². The predicted octanol–water partition coefficient (Wildman–Crippen LogP) is 4.31. The second-order valence-corrected chi connectivity index (χ2v) is 6.24. The lowest BCUT2D eigenvalue weighted by atomic mass is 10.1. The molecule has 0 saturated heterocycles. The van der Waals surface area contributed by atoms with Crippen LogP contribution in [0.4, 0.5) is 5.69 Å². The van der Waals surface area contributed by atoms with Gasteiger partial charge in [-0.05, 0) is 42.7 Å². The molecule has 7 heteroatoms. The highest BCUT2D eigenvalue weighted by atomic mass is 35.5. The fourth-order valence-electron chi connectivity index (χ4n) is 2.14. The maximum atomic E-state index is 12.5. The summed E-state index contributed by atoms with van der Waals surface area (Å²) >= 11 is 6.90. The Morgan fingerprint density at radius 3 is 2.58 bits per heavy atom. The van der Waals surface area contributed by atoms with Crippen LogP contribution in [0, 0.1) is 0 Å². The molecule has 0 atom stereocenters. The molecule has 5 nitrogen and oxygen atoms in total. The van der Waals surface area contributed by atoms with Crippen LogP contribution in [0.1, 0.15) is 27.0 Å². The summed E-state index contributed by atoms with van der Waals surface area (Å²) in [5.74, 6) is -0.386. The van der Waals surface area contributed by atoms with Gasteiger partial charge in [-0.15, -0.1) is 5.10 Å². The Balaban J connectivity index is 1.86. The lowest BCUT2D eigenvalue weighted by molar-refractivity contribution is 0.101. The van der Waals surface area contributed by atoms with E-state index in [9.17, 15) is 9.59 Å². The summed E-state index contributed by atoms with van der Waals surface area (Å²) in [5, 5.41) is 7.41. The molecular formula is C17H12ClN3O2S. The number of nitrogens with zero attached hydrogens (tertiary/aromatic N) is 2. The maximum Gasteiger partial charge on any atom is 0.269 e. The van der Waals surface area contributed by atoms with Crippen LogP contribution < -0.4 is 5.32 Å². The molecule has 1 aromatic heterocycles. The lowest BCUT2D eigenvalue weighted by Gasteiger charge is -2.06. The van der Waals surface area contributed by atoms with Crippen LogP contribution in [0.5, 0.6) is 0 Å². The van der Waals surface area contributed by atoms with Crippen molar-refractivity contribution in [2.45, 2.75) is 6.92 Å². The van der Waals surface area contributed by atoms with Crippen molar-refractivity contribution >= 4 is 40.5 Å². The first-order valence-corrected chi connectivity index (χ1v) is 8.20. The highest BCUT2D eigenvalue weighted by Crippen LogP contribution is 2.26. The summed E-state index contributed by atoms with van der Waals surface area (Å²) in [4.78, 5) is 24.4. The number of anilines is 1. The Hall–Kier alpha value is -2.57. The van der Waals surface area contributed by atoms with Gasteiger partial charge in [0.2, 0.25) is 0 Å². The molecule has 0 spiro atoms. The van der Waals surface area contributed by atoms with Gasteiger partial charge in [0.15, 0.2) is 5.78 Å². The zero-order chi connectivity index (χ0) is 17.1. The lowest BCUT2D eigenvalue weighted by Crippen LogP contribution is -2.12. The molecule has 0 aliphatic rings. The van der Waals surface area contributed by atoms with Crippen LogP contribution in [0.3, 0.4) is 0 Å². The minimum atomic E-state index is -0.323. The first kappa shape index (κ1) is 16.3. The number of rotatable bonds is 4. The van der Waals surface area contributed by atoms with Crippen molar-refractivity contribution in [3.63, 3.8) is 0 Å². The number of hydrogen-bond donors (Lipinski definition) is 1. The summed E-state index contributed by atoms with van der Waals surface area (Å²) < 4.78 is 3.87. The SMILES string of the molecule is CC(=O)c1cccc(NC(=O)c2snnc2-c2ccc(Cl)cc2)c1. The topological polar surface area (TPSA) is 72.0 Å². The average molecular weight is 358 g/mol. The summed E-state index contributed by atoms with van der Waals surface area (Å²) in [7, 11) is 0. The summed E-state index contributed by atoms with van der Waals surface area (Å²) in [6.45, 7) is 1.48. The number of ketones is 1. The summed E-state index contributed by atoms with van der Waals surface area (Å²) in [6.07, 6.45) is 0. The van der Waals surface area contributed by atoms with Gasteiger partial charge >= 0.3 is 0 Å². The molecule has 0 aliphatic carbocycles. The van der Waals surface area contributed by atoms with Crippen molar-refractivity contribution in [2.75, 3.05) is 5.32 Å². The first-order valence-electron chi connectivity index (χ1n) is 7.05. The number of carbonyl (C=O) groups excluding carboxylic acids is 2. The van der Waals surface area contributed by atoms with E-state index in [2.05, 4.69) is 14.9 Å². The second-order valence-electron chi connectivity index (χ2n) is 5.05. The third-order valence-electron chi connectivity index (χ3n) is 3.34. The molecule has 0 unspecified atom stereocenters. The van der Waals surface area contributed by atoms with E-state index in [1.807, 2.05) is 0 Å². The van der Waals surface area contributed by atoms with Gasteiger partial charge in [0.25, 0.3) is 5.91 Å². The minimum Gasteiger partial charge on any atom is -0.321 e. The largest absolute Gasteiger partial charge is 0.321 e. The average Bonchev–Trinajstić information content (AvgIpc) is 3.05. The number of nitrogens with one attached hydrogen (secondary N) is 1. The van der Waals surface area contributed by atoms with E-state index in [-0.39, 0.29) is 11.7 Å². The Kier molecular flexibility index (Phi) is 4.69. The Morgan fingerprint density at radius 1 is 1.12 bits per heavy atom. The molecule has 1 amide bonds. The van der Waals surface area contributed by atoms with Gasteiger partial charge in [-0.25, -0.2) is 0 Å². The smallest absolute Gasteiger partial charge is 0.269 e. The van der Waals surface area contributed by atoms with Crippen molar-refractivity contribution in [1.29, 1.82) is 0 Å². The molecule has 3 rings (SSSR count). The molecule has 0 bridgehead atoms. The zero-order valence-electron chi connectivity index (χ0n) is 12.6. The minimum absolute atomic E-state index is 0.0626. The van der Waals surface area contributed by atoms with Crippen LogP contribution in [0.2, 0.25) is 5.02 Å². The van der Waals surface area contributed by atoms with Crippen LogP contribution in [-0.2, 0) is 0 Å². The molecule has 1 heterocycles. The fourth-order valence-corrected chi connectivity index (χ4v) is 2.85. The third kappa shape index (κ3) is 3.50. The number of amides is 1. The van der Waals surface area contributed by atoms with Gasteiger partial charge in [-0.2, -0.15) is 0 Å². The second kappa shape index (κ2) is 6.90. The van der Waals surface area contributed by atoms with Crippen LogP contribution in [0.15, 0.2) is 48.5 Å². The van der Waals surface area contributed by atoms with Crippen LogP contribution in [0.25, 0.3) is 11.3 Å². The van der Waals surface area contributed by atoms with Gasteiger partial charge in [-0.3, -0.25) is 9.59 Å². The highest BCUT2D eigenvalue weighted by molar-refractivity contribution is 7.08. The Morgan fingerprint density at radius 2 is 1.88 bits per heavy atom. The molecular weight excluding hydrogens is 346 g/mol. The van der Waals surface area contributed by atoms with Crippen LogP contribution in [-0.4, -0.2) is 21.3 Å². The van der Waals surface area contributed by atoms with Crippen molar-refractivity contribution in [2.24, 2.45) is 0 Å². The number of hydrogen-bond acceptors (Lipinski definition) is 5. The number of Topliss-reactive ketones (excluding diaryl/α,β-unsaturated/α-hetero) is 1. The summed E-state index contributed by atoms with van der Waals surface area (Å²) in [5.41, 5.74) is 2.34. The molecule has 0 radical (unpaired) electrons. The first-order chi connectivity index (χ1) is 11.5. The molecule has 3 aromatic rings. The monoisotopic (exact) mass is 357 g/mol. The Labute approximate surface area is 147 Å². The third-order valence-corrected chi connectivity index (χ3v) is 4.32. The molecule has 2 aromatic carbocycles. The number of halogens is 1. The van der Waals surface area contributed by atoms with Crippen molar-refractivity contribution in [3.8, 4) is 11.3 Å². The van der Waals surface area contributed by atoms with Crippen LogP contribution >= 0.6 is 23.1 Å². The number of benzene rings is 2. The van der Waals surface area contributed by atoms with E-state index in [0.29, 0.717) is 26.8 Å². The number of carbonyl (C=O) groups is 2. The van der Waals surface area contributed by atoms with Gasteiger partial charge in [0.05, 0.1) is 0 Å². The maximum absolute atomic E-state index is 12.5. The van der Waals surface area contributed by atoms with E-state index in [0.717, 1.165) is 17.1 Å². The molecule has 0 saturated carbocycles. The van der Waals surface area contributed by atoms with Gasteiger partial charge in [-0.1, -0.05) is 40.4 Å². The summed E-state index contributed by atoms with van der Waals surface area (Å²) in [6, 6.07) is 13.8. The number of aromatic nitrogens is 2. The zero-order valence-corrected chi connectivity index (χ0v) is 14.2. The van der Waals surface area contributed by atoms with Crippen molar-refractivity contribution < 1.29 is 9.59 Å². The fraction of sp³-hybridized carbons (Fsp3) is 0.0588. The van der Waals surface area contributed by atoms with E-state index >= 15 is 0 Å². The van der Waals surface area contributed by atoms with Crippen molar-refractivity contribution in [1.82, 2.24) is 9.59 Å². The van der Waals surface area contributed by atoms with Crippen molar-refractivity contribution in [3.05, 3.63) is 64.0 Å². The van der Waals surface area contributed by atoms with Gasteiger partial charge in [0.1, 0.15) is 10.6 Å². The standard InChI is InChI=1S/C17H12ClN3O2S/c1-10(22)12-3-2-4-14(9-12)19-17(23)16-15(20-21-24-16)11-5-7-13(18)8-6-11/h2-9H,1H3,(H,19,23). The molecule has 1 N–H and O–H groups in total. The molecule has 120 valence electrons. The molecule has 0 fully saturated rings. The highest BCUT2D eigenvalue weighted by Gasteiger charge is 2.18.